The van der Waals surface area contributed by atoms with Crippen molar-refractivity contribution >= 4 is 5.91 Å². The third-order valence-corrected chi connectivity index (χ3v) is 3.39. The maximum Gasteiger partial charge on any atom is 0.220 e. The maximum atomic E-state index is 11.7. The quantitative estimate of drug-likeness (QED) is 0.732. The zero-order valence-electron chi connectivity index (χ0n) is 10.7. The summed E-state index contributed by atoms with van der Waals surface area (Å²) in [5.74, 6) is 0.969. The standard InChI is InChI=1S/C12H25N3O/c1-9(7-13)6-12(16)14-11-4-5-15(3)8-10(11)2/h9-11H,4-8,13H2,1-3H3,(H,14,16). The normalized spacial score (nSPS) is 28.8. The van der Waals surface area contributed by atoms with Gasteiger partial charge in [-0.3, -0.25) is 4.79 Å². The van der Waals surface area contributed by atoms with Crippen molar-refractivity contribution in [1.29, 1.82) is 0 Å². The first-order chi connectivity index (χ1) is 7.52. The number of nitrogens with two attached hydrogens (primary N) is 1. The minimum atomic E-state index is 0.152. The van der Waals surface area contributed by atoms with Gasteiger partial charge in [0.1, 0.15) is 0 Å². The zero-order chi connectivity index (χ0) is 12.1. The molecule has 4 heteroatoms. The van der Waals surface area contributed by atoms with E-state index in [-0.39, 0.29) is 11.8 Å². The van der Waals surface area contributed by atoms with Crippen LogP contribution < -0.4 is 11.1 Å². The molecular formula is C12H25N3O. The number of nitrogens with one attached hydrogen (secondary N) is 1. The first-order valence-corrected chi connectivity index (χ1v) is 6.21. The molecule has 0 saturated carbocycles. The van der Waals surface area contributed by atoms with Gasteiger partial charge in [0.2, 0.25) is 5.91 Å². The minimum absolute atomic E-state index is 0.152. The second-order valence-corrected chi connectivity index (χ2v) is 5.25. The van der Waals surface area contributed by atoms with E-state index in [1.807, 2.05) is 6.92 Å². The molecule has 4 nitrogen and oxygen atoms in total. The molecule has 0 radical (unpaired) electrons. The van der Waals surface area contributed by atoms with Crippen LogP contribution in [0.1, 0.15) is 26.7 Å². The average molecular weight is 227 g/mol. The van der Waals surface area contributed by atoms with Gasteiger partial charge in [0.05, 0.1) is 0 Å². The summed E-state index contributed by atoms with van der Waals surface area (Å²) in [6.45, 7) is 6.93. The van der Waals surface area contributed by atoms with Crippen LogP contribution in [-0.4, -0.2) is 43.5 Å². The Morgan fingerprint density at radius 1 is 1.62 bits per heavy atom. The number of hydrogen-bond donors (Lipinski definition) is 2. The molecule has 0 aromatic carbocycles. The highest BCUT2D eigenvalue weighted by Crippen LogP contribution is 2.15. The molecule has 16 heavy (non-hydrogen) atoms. The van der Waals surface area contributed by atoms with Crippen LogP contribution in [0.5, 0.6) is 0 Å². The molecule has 1 aliphatic rings. The van der Waals surface area contributed by atoms with Gasteiger partial charge < -0.3 is 16.0 Å². The van der Waals surface area contributed by atoms with Gasteiger partial charge in [0.25, 0.3) is 0 Å². The third-order valence-electron chi connectivity index (χ3n) is 3.39. The Hall–Kier alpha value is -0.610. The lowest BCUT2D eigenvalue weighted by Gasteiger charge is -2.35. The fourth-order valence-corrected chi connectivity index (χ4v) is 2.23. The van der Waals surface area contributed by atoms with Gasteiger partial charge in [-0.2, -0.15) is 0 Å². The number of carbonyl (C=O) groups excluding carboxylic acids is 1. The predicted molar refractivity (Wildman–Crippen MR) is 66.0 cm³/mol. The van der Waals surface area contributed by atoms with Crippen LogP contribution in [0.3, 0.4) is 0 Å². The lowest BCUT2D eigenvalue weighted by molar-refractivity contribution is -0.123. The van der Waals surface area contributed by atoms with Crippen molar-refractivity contribution in [3.63, 3.8) is 0 Å². The first kappa shape index (κ1) is 13.5. The van der Waals surface area contributed by atoms with Gasteiger partial charge in [-0.25, -0.2) is 0 Å². The molecule has 3 atom stereocenters. The molecule has 1 rings (SSSR count). The SMILES string of the molecule is CC(CN)CC(=O)NC1CCN(C)CC1C. The van der Waals surface area contributed by atoms with Crippen LogP contribution in [0.25, 0.3) is 0 Å². The van der Waals surface area contributed by atoms with Gasteiger partial charge in [-0.1, -0.05) is 13.8 Å². The van der Waals surface area contributed by atoms with Crippen LogP contribution in [0, 0.1) is 11.8 Å². The van der Waals surface area contributed by atoms with E-state index in [1.54, 1.807) is 0 Å². The molecule has 1 aliphatic heterocycles. The summed E-state index contributed by atoms with van der Waals surface area (Å²) in [6, 6.07) is 0.341. The number of piperidine rings is 1. The molecule has 0 spiro atoms. The molecule has 3 N–H and O–H groups in total. The Bertz CT molecular complexity index is 232. The number of amides is 1. The minimum Gasteiger partial charge on any atom is -0.353 e. The fourth-order valence-electron chi connectivity index (χ4n) is 2.23. The molecular weight excluding hydrogens is 202 g/mol. The number of hydrogen-bond acceptors (Lipinski definition) is 3. The second kappa shape index (κ2) is 6.21. The molecule has 0 bridgehead atoms. The number of likely N-dealkylation sites (tertiary alicyclic amines) is 1. The first-order valence-electron chi connectivity index (χ1n) is 6.21. The summed E-state index contributed by atoms with van der Waals surface area (Å²) >= 11 is 0. The molecule has 1 amide bonds. The van der Waals surface area contributed by atoms with E-state index in [1.165, 1.54) is 0 Å². The van der Waals surface area contributed by atoms with Crippen LogP contribution in [0.15, 0.2) is 0 Å². The summed E-state index contributed by atoms with van der Waals surface area (Å²) in [5.41, 5.74) is 5.51. The molecule has 1 saturated heterocycles. The topological polar surface area (TPSA) is 58.4 Å². The average Bonchev–Trinajstić information content (AvgIpc) is 2.22. The van der Waals surface area contributed by atoms with Crippen LogP contribution in [-0.2, 0) is 4.79 Å². The van der Waals surface area contributed by atoms with Crippen molar-refractivity contribution in [3.05, 3.63) is 0 Å². The van der Waals surface area contributed by atoms with Crippen molar-refractivity contribution in [2.24, 2.45) is 17.6 Å². The van der Waals surface area contributed by atoms with Crippen molar-refractivity contribution in [2.45, 2.75) is 32.7 Å². The van der Waals surface area contributed by atoms with Gasteiger partial charge in [0, 0.05) is 19.0 Å². The Kier molecular flexibility index (Phi) is 5.22. The molecule has 3 unspecified atom stereocenters. The van der Waals surface area contributed by atoms with E-state index in [9.17, 15) is 4.79 Å². The summed E-state index contributed by atoms with van der Waals surface area (Å²) in [6.07, 6.45) is 1.61. The van der Waals surface area contributed by atoms with Crippen molar-refractivity contribution < 1.29 is 4.79 Å². The van der Waals surface area contributed by atoms with Crippen LogP contribution >= 0.6 is 0 Å². The summed E-state index contributed by atoms with van der Waals surface area (Å²) in [4.78, 5) is 14.0. The summed E-state index contributed by atoms with van der Waals surface area (Å²) in [5, 5.41) is 3.13. The van der Waals surface area contributed by atoms with Gasteiger partial charge in [-0.15, -0.1) is 0 Å². The fraction of sp³-hybridized carbons (Fsp3) is 0.917. The Balaban J connectivity index is 2.33. The molecule has 1 heterocycles. The Labute approximate surface area is 98.6 Å². The lowest BCUT2D eigenvalue weighted by Crippen LogP contribution is -2.49. The van der Waals surface area contributed by atoms with Gasteiger partial charge >= 0.3 is 0 Å². The molecule has 1 fully saturated rings. The van der Waals surface area contributed by atoms with E-state index in [0.29, 0.717) is 24.9 Å². The summed E-state index contributed by atoms with van der Waals surface area (Å²) in [7, 11) is 2.13. The zero-order valence-corrected chi connectivity index (χ0v) is 10.7. The van der Waals surface area contributed by atoms with E-state index in [0.717, 1.165) is 19.5 Å². The summed E-state index contributed by atoms with van der Waals surface area (Å²) < 4.78 is 0. The largest absolute Gasteiger partial charge is 0.353 e. The maximum absolute atomic E-state index is 11.7. The number of nitrogens with zero attached hydrogens (tertiary/aromatic N) is 1. The van der Waals surface area contributed by atoms with E-state index < -0.39 is 0 Å². The highest BCUT2D eigenvalue weighted by atomic mass is 16.1. The predicted octanol–water partition coefficient (Wildman–Crippen LogP) is 0.428. The van der Waals surface area contributed by atoms with E-state index in [4.69, 9.17) is 5.73 Å². The molecule has 94 valence electrons. The van der Waals surface area contributed by atoms with E-state index >= 15 is 0 Å². The Morgan fingerprint density at radius 3 is 2.88 bits per heavy atom. The van der Waals surface area contributed by atoms with Crippen LogP contribution in [0.2, 0.25) is 0 Å². The molecule has 0 aromatic rings. The second-order valence-electron chi connectivity index (χ2n) is 5.25. The Morgan fingerprint density at radius 2 is 2.31 bits per heavy atom. The van der Waals surface area contributed by atoms with Gasteiger partial charge in [0.15, 0.2) is 0 Å². The number of carbonyl (C=O) groups is 1. The van der Waals surface area contributed by atoms with E-state index in [2.05, 4.69) is 24.2 Å². The van der Waals surface area contributed by atoms with Crippen molar-refractivity contribution in [1.82, 2.24) is 10.2 Å². The molecule has 0 aromatic heterocycles. The van der Waals surface area contributed by atoms with Crippen LogP contribution in [0.4, 0.5) is 0 Å². The van der Waals surface area contributed by atoms with Crippen molar-refractivity contribution in [3.8, 4) is 0 Å². The highest BCUT2D eigenvalue weighted by Gasteiger charge is 2.25. The lowest BCUT2D eigenvalue weighted by atomic mass is 9.94. The van der Waals surface area contributed by atoms with Gasteiger partial charge in [-0.05, 0) is 38.4 Å². The molecule has 0 aliphatic carbocycles. The smallest absolute Gasteiger partial charge is 0.220 e. The van der Waals surface area contributed by atoms with Crippen molar-refractivity contribution in [2.75, 3.05) is 26.7 Å². The monoisotopic (exact) mass is 227 g/mol. The number of rotatable bonds is 4. The highest BCUT2D eigenvalue weighted by molar-refractivity contribution is 5.76. The third kappa shape index (κ3) is 4.10.